The highest BCUT2D eigenvalue weighted by atomic mass is 32.1. The Hall–Kier alpha value is -1.00. The normalized spacial score (nSPS) is 10.3. The van der Waals surface area contributed by atoms with Crippen LogP contribution in [0.1, 0.15) is 30.1 Å². The Morgan fingerprint density at radius 1 is 1.29 bits per heavy atom. The summed E-state index contributed by atoms with van der Waals surface area (Å²) in [7, 11) is 0. The standard InChI is InChI=1S/C13H19NO2S/c1-2-3-8-14(9-10-15)13(16)11-4-6-12(17)7-5-11/h4-7,15,17H,2-3,8-10H2,1H3. The number of nitrogens with zero attached hydrogens (tertiary/aromatic N) is 1. The average Bonchev–Trinajstić information content (AvgIpc) is 2.34. The van der Waals surface area contributed by atoms with E-state index in [1.54, 1.807) is 29.2 Å². The van der Waals surface area contributed by atoms with E-state index >= 15 is 0 Å². The van der Waals surface area contributed by atoms with Crippen molar-refractivity contribution in [2.24, 2.45) is 0 Å². The number of carbonyl (C=O) groups is 1. The van der Waals surface area contributed by atoms with Crippen molar-refractivity contribution in [3.63, 3.8) is 0 Å². The van der Waals surface area contributed by atoms with Crippen molar-refractivity contribution >= 4 is 18.5 Å². The van der Waals surface area contributed by atoms with Crippen LogP contribution in [0.5, 0.6) is 0 Å². The van der Waals surface area contributed by atoms with Gasteiger partial charge in [0.15, 0.2) is 0 Å². The molecule has 94 valence electrons. The minimum atomic E-state index is -0.0270. The molecule has 1 rings (SSSR count). The second-order valence-electron chi connectivity index (χ2n) is 3.92. The van der Waals surface area contributed by atoms with Gasteiger partial charge >= 0.3 is 0 Å². The van der Waals surface area contributed by atoms with Crippen LogP contribution in [0.3, 0.4) is 0 Å². The Balaban J connectivity index is 2.72. The number of hydrogen-bond acceptors (Lipinski definition) is 3. The number of thiol groups is 1. The molecule has 0 fully saturated rings. The smallest absolute Gasteiger partial charge is 0.253 e. The molecule has 0 aliphatic heterocycles. The van der Waals surface area contributed by atoms with Crippen LogP contribution < -0.4 is 0 Å². The maximum absolute atomic E-state index is 12.1. The van der Waals surface area contributed by atoms with Gasteiger partial charge in [0.25, 0.3) is 5.91 Å². The highest BCUT2D eigenvalue weighted by Gasteiger charge is 2.14. The Morgan fingerprint density at radius 3 is 2.47 bits per heavy atom. The van der Waals surface area contributed by atoms with Crippen molar-refractivity contribution in [3.8, 4) is 0 Å². The van der Waals surface area contributed by atoms with Crippen molar-refractivity contribution in [2.45, 2.75) is 24.7 Å². The van der Waals surface area contributed by atoms with Crippen molar-refractivity contribution in [2.75, 3.05) is 19.7 Å². The van der Waals surface area contributed by atoms with Gasteiger partial charge in [-0.2, -0.15) is 0 Å². The molecule has 1 N–H and O–H groups in total. The SMILES string of the molecule is CCCCN(CCO)C(=O)c1ccc(S)cc1. The van der Waals surface area contributed by atoms with E-state index in [9.17, 15) is 4.79 Å². The highest BCUT2D eigenvalue weighted by Crippen LogP contribution is 2.10. The molecule has 0 saturated carbocycles. The number of amides is 1. The summed E-state index contributed by atoms with van der Waals surface area (Å²) >= 11 is 4.18. The van der Waals surface area contributed by atoms with E-state index in [1.807, 2.05) is 0 Å². The number of aliphatic hydroxyl groups excluding tert-OH is 1. The molecule has 0 heterocycles. The summed E-state index contributed by atoms with van der Waals surface area (Å²) in [5.74, 6) is -0.0270. The van der Waals surface area contributed by atoms with Crippen molar-refractivity contribution in [1.29, 1.82) is 0 Å². The minimum absolute atomic E-state index is 0.000105. The van der Waals surface area contributed by atoms with E-state index < -0.39 is 0 Å². The summed E-state index contributed by atoms with van der Waals surface area (Å²) < 4.78 is 0. The first-order valence-electron chi connectivity index (χ1n) is 5.88. The van der Waals surface area contributed by atoms with Crippen LogP contribution in [0.25, 0.3) is 0 Å². The number of rotatable bonds is 6. The molecule has 3 nitrogen and oxygen atoms in total. The third kappa shape index (κ3) is 4.40. The summed E-state index contributed by atoms with van der Waals surface area (Å²) in [6, 6.07) is 7.13. The van der Waals surface area contributed by atoms with E-state index in [-0.39, 0.29) is 12.5 Å². The zero-order valence-electron chi connectivity index (χ0n) is 10.1. The van der Waals surface area contributed by atoms with Crippen molar-refractivity contribution in [3.05, 3.63) is 29.8 Å². The number of unbranched alkanes of at least 4 members (excludes halogenated alkanes) is 1. The van der Waals surface area contributed by atoms with Crippen LogP contribution in [0, 0.1) is 0 Å². The van der Waals surface area contributed by atoms with E-state index in [1.165, 1.54) is 0 Å². The van der Waals surface area contributed by atoms with Gasteiger partial charge in [-0.15, -0.1) is 12.6 Å². The maximum Gasteiger partial charge on any atom is 0.253 e. The largest absolute Gasteiger partial charge is 0.395 e. The summed E-state index contributed by atoms with van der Waals surface area (Å²) in [4.78, 5) is 14.7. The van der Waals surface area contributed by atoms with Crippen molar-refractivity contribution < 1.29 is 9.90 Å². The van der Waals surface area contributed by atoms with E-state index in [0.29, 0.717) is 18.7 Å². The molecule has 1 aromatic carbocycles. The molecule has 0 radical (unpaired) electrons. The monoisotopic (exact) mass is 253 g/mol. The van der Waals surface area contributed by atoms with Gasteiger partial charge in [0.1, 0.15) is 0 Å². The lowest BCUT2D eigenvalue weighted by Gasteiger charge is -2.21. The lowest BCUT2D eigenvalue weighted by atomic mass is 10.2. The lowest BCUT2D eigenvalue weighted by Crippen LogP contribution is -2.34. The Morgan fingerprint density at radius 2 is 1.94 bits per heavy atom. The van der Waals surface area contributed by atoms with Crippen LogP contribution in [-0.2, 0) is 0 Å². The van der Waals surface area contributed by atoms with Gasteiger partial charge in [-0.05, 0) is 30.7 Å². The molecule has 0 unspecified atom stereocenters. The molecule has 0 aliphatic carbocycles. The van der Waals surface area contributed by atoms with Crippen LogP contribution in [-0.4, -0.2) is 35.6 Å². The van der Waals surface area contributed by atoms with Gasteiger partial charge in [0.2, 0.25) is 0 Å². The first-order chi connectivity index (χ1) is 8.19. The second-order valence-corrected chi connectivity index (χ2v) is 4.43. The average molecular weight is 253 g/mol. The third-order valence-electron chi connectivity index (χ3n) is 2.55. The molecule has 0 aliphatic rings. The van der Waals surface area contributed by atoms with E-state index in [2.05, 4.69) is 19.6 Å². The summed E-state index contributed by atoms with van der Waals surface area (Å²) in [5.41, 5.74) is 0.646. The fourth-order valence-electron chi connectivity index (χ4n) is 1.57. The molecular weight excluding hydrogens is 234 g/mol. The highest BCUT2D eigenvalue weighted by molar-refractivity contribution is 7.80. The second kappa shape index (κ2) is 7.35. The zero-order valence-corrected chi connectivity index (χ0v) is 11.0. The van der Waals surface area contributed by atoms with Gasteiger partial charge in [-0.3, -0.25) is 4.79 Å². The number of hydrogen-bond donors (Lipinski definition) is 2. The molecule has 0 aromatic heterocycles. The zero-order chi connectivity index (χ0) is 12.7. The van der Waals surface area contributed by atoms with Crippen LogP contribution in [0.2, 0.25) is 0 Å². The number of aliphatic hydroxyl groups is 1. The molecule has 0 atom stereocenters. The fraction of sp³-hybridized carbons (Fsp3) is 0.462. The first kappa shape index (κ1) is 14.1. The predicted molar refractivity (Wildman–Crippen MR) is 71.6 cm³/mol. The Bertz CT molecular complexity index is 351. The molecule has 17 heavy (non-hydrogen) atoms. The lowest BCUT2D eigenvalue weighted by molar-refractivity contribution is 0.0719. The fourth-order valence-corrected chi connectivity index (χ4v) is 1.72. The Kier molecular flexibility index (Phi) is 6.08. The maximum atomic E-state index is 12.1. The van der Waals surface area contributed by atoms with Gasteiger partial charge < -0.3 is 10.0 Å². The molecule has 4 heteroatoms. The van der Waals surface area contributed by atoms with E-state index in [0.717, 1.165) is 17.7 Å². The number of benzene rings is 1. The predicted octanol–water partition coefficient (Wildman–Crippen LogP) is 2.21. The molecule has 0 spiro atoms. The van der Waals surface area contributed by atoms with Crippen LogP contribution in [0.4, 0.5) is 0 Å². The van der Waals surface area contributed by atoms with Gasteiger partial charge in [-0.1, -0.05) is 13.3 Å². The summed E-state index contributed by atoms with van der Waals surface area (Å²) in [6.07, 6.45) is 1.99. The van der Waals surface area contributed by atoms with E-state index in [4.69, 9.17) is 5.11 Å². The van der Waals surface area contributed by atoms with Gasteiger partial charge in [0, 0.05) is 23.5 Å². The Labute approximate surface area is 108 Å². The molecular formula is C13H19NO2S. The first-order valence-corrected chi connectivity index (χ1v) is 6.33. The molecule has 1 aromatic rings. The minimum Gasteiger partial charge on any atom is -0.395 e. The van der Waals surface area contributed by atoms with Crippen molar-refractivity contribution in [1.82, 2.24) is 4.90 Å². The third-order valence-corrected chi connectivity index (χ3v) is 2.85. The quantitative estimate of drug-likeness (QED) is 0.763. The molecule has 1 amide bonds. The van der Waals surface area contributed by atoms with Gasteiger partial charge in [-0.25, -0.2) is 0 Å². The molecule has 0 bridgehead atoms. The topological polar surface area (TPSA) is 40.5 Å². The van der Waals surface area contributed by atoms with Crippen LogP contribution >= 0.6 is 12.6 Å². The summed E-state index contributed by atoms with van der Waals surface area (Å²) in [6.45, 7) is 3.16. The summed E-state index contributed by atoms with van der Waals surface area (Å²) in [5, 5.41) is 8.97. The van der Waals surface area contributed by atoms with Crippen LogP contribution in [0.15, 0.2) is 29.2 Å². The van der Waals surface area contributed by atoms with Gasteiger partial charge in [0.05, 0.1) is 6.61 Å². The number of carbonyl (C=O) groups excluding carboxylic acids is 1. The molecule has 0 saturated heterocycles.